The van der Waals surface area contributed by atoms with Crippen LogP contribution in [0.1, 0.15) is 5.82 Å². The summed E-state index contributed by atoms with van der Waals surface area (Å²) in [6.07, 6.45) is 0. The van der Waals surface area contributed by atoms with Crippen LogP contribution in [0.5, 0.6) is 0 Å². The van der Waals surface area contributed by atoms with Crippen LogP contribution in [0, 0.1) is 0 Å². The molecule has 1 heterocycles. The van der Waals surface area contributed by atoms with E-state index in [1.165, 1.54) is 23.9 Å². The molecule has 0 saturated heterocycles. The molecule has 0 aliphatic heterocycles. The van der Waals surface area contributed by atoms with Crippen LogP contribution in [-0.2, 0) is 21.9 Å². The Labute approximate surface area is 113 Å². The molecule has 1 aromatic heterocycles. The van der Waals surface area contributed by atoms with Gasteiger partial charge in [0.25, 0.3) is 9.05 Å². The van der Waals surface area contributed by atoms with Gasteiger partial charge in [-0.05, 0) is 34.7 Å². The summed E-state index contributed by atoms with van der Waals surface area (Å²) in [5.41, 5.74) is 0. The number of rotatable bonds is 4. The molecule has 1 aromatic carbocycles. The van der Waals surface area contributed by atoms with Crippen LogP contribution < -0.4 is 0 Å². The van der Waals surface area contributed by atoms with Crippen LogP contribution in [0.3, 0.4) is 0 Å². The Balaban J connectivity index is 2.05. The van der Waals surface area contributed by atoms with Crippen LogP contribution in [0.15, 0.2) is 34.1 Å². The van der Waals surface area contributed by atoms with Gasteiger partial charge in [-0.25, -0.2) is 13.1 Å². The molecule has 0 atom stereocenters. The smallest absolute Gasteiger partial charge is 0.232 e. The van der Waals surface area contributed by atoms with Gasteiger partial charge >= 0.3 is 0 Å². The minimum atomic E-state index is -3.66. The molecule has 6 nitrogen and oxygen atoms in total. The van der Waals surface area contributed by atoms with Gasteiger partial charge in [0.05, 0.1) is 10.6 Å². The van der Waals surface area contributed by atoms with Gasteiger partial charge in [0.2, 0.25) is 0 Å². The lowest BCUT2D eigenvalue weighted by Gasteiger charge is -2.01. The van der Waals surface area contributed by atoms with Crippen molar-refractivity contribution in [3.63, 3.8) is 0 Å². The maximum absolute atomic E-state index is 11.1. The molecule has 0 spiro atoms. The van der Waals surface area contributed by atoms with Gasteiger partial charge in [-0.15, -0.1) is 16.9 Å². The average Bonchev–Trinajstić information content (AvgIpc) is 2.72. The number of halogens is 1. The third-order valence-electron chi connectivity index (χ3n) is 2.18. The number of hydrogen-bond donors (Lipinski definition) is 0. The van der Waals surface area contributed by atoms with E-state index < -0.39 is 9.05 Å². The summed E-state index contributed by atoms with van der Waals surface area (Å²) in [5.74, 6) is 1.35. The molecule has 0 saturated carbocycles. The Kier molecular flexibility index (Phi) is 3.88. The first-order valence-corrected chi connectivity index (χ1v) is 8.15. The van der Waals surface area contributed by atoms with E-state index in [9.17, 15) is 8.42 Å². The van der Waals surface area contributed by atoms with E-state index in [-0.39, 0.29) is 4.90 Å². The van der Waals surface area contributed by atoms with Crippen molar-refractivity contribution in [3.8, 4) is 0 Å². The molecular formula is C9H9ClN4O2S2. The molecule has 0 bridgehead atoms. The summed E-state index contributed by atoms with van der Waals surface area (Å²) < 4.78 is 23.7. The molecule has 0 unspecified atom stereocenters. The molecular weight excluding hydrogens is 296 g/mol. The lowest BCUT2D eigenvalue weighted by Crippen LogP contribution is -1.97. The van der Waals surface area contributed by atoms with Gasteiger partial charge in [0.15, 0.2) is 5.82 Å². The lowest BCUT2D eigenvalue weighted by atomic mass is 10.4. The summed E-state index contributed by atoms with van der Waals surface area (Å²) in [6, 6.07) is 6.34. The SMILES string of the molecule is Cn1nnnc1CSc1ccc(S(=O)(=O)Cl)cc1. The highest BCUT2D eigenvalue weighted by molar-refractivity contribution is 8.13. The Morgan fingerprint density at radius 3 is 2.50 bits per heavy atom. The van der Waals surface area contributed by atoms with Crippen molar-refractivity contribution in [1.82, 2.24) is 20.2 Å². The standard InChI is InChI=1S/C9H9ClN4O2S2/c1-14-9(11-12-13-14)6-17-7-2-4-8(5-3-7)18(10,15)16/h2-5H,6H2,1H3. The molecule has 9 heteroatoms. The molecule has 2 aromatic rings. The summed E-state index contributed by atoms with van der Waals surface area (Å²) in [7, 11) is 3.33. The van der Waals surface area contributed by atoms with Crippen LogP contribution >= 0.6 is 22.4 Å². The highest BCUT2D eigenvalue weighted by atomic mass is 35.7. The van der Waals surface area contributed by atoms with Gasteiger partial charge in [-0.2, -0.15) is 0 Å². The number of hydrogen-bond acceptors (Lipinski definition) is 6. The maximum atomic E-state index is 11.1. The van der Waals surface area contributed by atoms with Crippen LogP contribution in [-0.4, -0.2) is 28.6 Å². The average molecular weight is 305 g/mol. The number of thioether (sulfide) groups is 1. The fourth-order valence-corrected chi connectivity index (χ4v) is 2.86. The Bertz CT molecular complexity index is 639. The van der Waals surface area contributed by atoms with E-state index in [0.717, 1.165) is 10.7 Å². The summed E-state index contributed by atoms with van der Waals surface area (Å²) in [4.78, 5) is 1.01. The first-order chi connectivity index (χ1) is 8.47. The predicted molar refractivity (Wildman–Crippen MR) is 67.8 cm³/mol. The van der Waals surface area contributed by atoms with E-state index >= 15 is 0 Å². The van der Waals surface area contributed by atoms with Gasteiger partial charge in [0.1, 0.15) is 0 Å². The molecule has 2 rings (SSSR count). The second-order valence-corrected chi connectivity index (χ2v) is 7.03. The number of aryl methyl sites for hydroxylation is 1. The predicted octanol–water partition coefficient (Wildman–Crippen LogP) is 1.43. The van der Waals surface area contributed by atoms with E-state index in [0.29, 0.717) is 5.75 Å². The third kappa shape index (κ3) is 3.21. The van der Waals surface area contributed by atoms with Crippen molar-refractivity contribution in [2.45, 2.75) is 15.5 Å². The van der Waals surface area contributed by atoms with Crippen LogP contribution in [0.4, 0.5) is 0 Å². The van der Waals surface area contributed by atoms with Crippen LogP contribution in [0.25, 0.3) is 0 Å². The topological polar surface area (TPSA) is 77.7 Å². The fourth-order valence-electron chi connectivity index (χ4n) is 1.22. The second kappa shape index (κ2) is 5.25. The summed E-state index contributed by atoms with van der Waals surface area (Å²) in [5, 5.41) is 11.1. The molecule has 0 aliphatic rings. The lowest BCUT2D eigenvalue weighted by molar-refractivity contribution is 0.609. The van der Waals surface area contributed by atoms with E-state index in [1.54, 1.807) is 23.9 Å². The fraction of sp³-hybridized carbons (Fsp3) is 0.222. The second-order valence-electron chi connectivity index (χ2n) is 3.42. The highest BCUT2D eigenvalue weighted by Gasteiger charge is 2.09. The summed E-state index contributed by atoms with van der Waals surface area (Å²) >= 11 is 1.51. The van der Waals surface area contributed by atoms with Gasteiger partial charge < -0.3 is 0 Å². The van der Waals surface area contributed by atoms with Crippen molar-refractivity contribution < 1.29 is 8.42 Å². The van der Waals surface area contributed by atoms with Gasteiger partial charge in [-0.1, -0.05) is 0 Å². The van der Waals surface area contributed by atoms with Gasteiger partial charge in [-0.3, -0.25) is 0 Å². The van der Waals surface area contributed by atoms with Crippen molar-refractivity contribution in [2.75, 3.05) is 0 Å². The van der Waals surface area contributed by atoms with E-state index in [1.807, 2.05) is 0 Å². The third-order valence-corrected chi connectivity index (χ3v) is 4.56. The number of benzene rings is 1. The highest BCUT2D eigenvalue weighted by Crippen LogP contribution is 2.24. The normalized spacial score (nSPS) is 11.7. The Morgan fingerprint density at radius 1 is 1.33 bits per heavy atom. The number of aromatic nitrogens is 4. The minimum absolute atomic E-state index is 0.0915. The van der Waals surface area contributed by atoms with Crippen molar-refractivity contribution in [3.05, 3.63) is 30.1 Å². The minimum Gasteiger partial charge on any atom is -0.232 e. The number of nitrogens with zero attached hydrogens (tertiary/aromatic N) is 4. The largest absolute Gasteiger partial charge is 0.261 e. The van der Waals surface area contributed by atoms with Crippen LogP contribution in [0.2, 0.25) is 0 Å². The van der Waals surface area contributed by atoms with Gasteiger partial charge in [0, 0.05) is 22.6 Å². The molecule has 0 fully saturated rings. The first-order valence-electron chi connectivity index (χ1n) is 4.85. The maximum Gasteiger partial charge on any atom is 0.261 e. The first kappa shape index (κ1) is 13.3. The van der Waals surface area contributed by atoms with Crippen molar-refractivity contribution >= 4 is 31.5 Å². The zero-order valence-corrected chi connectivity index (χ0v) is 11.7. The Morgan fingerprint density at radius 2 is 2.00 bits per heavy atom. The quantitative estimate of drug-likeness (QED) is 0.628. The number of tetrazole rings is 1. The zero-order chi connectivity index (χ0) is 13.2. The molecule has 96 valence electrons. The molecule has 18 heavy (non-hydrogen) atoms. The zero-order valence-electron chi connectivity index (χ0n) is 9.32. The summed E-state index contributed by atoms with van der Waals surface area (Å²) in [6.45, 7) is 0. The van der Waals surface area contributed by atoms with E-state index in [2.05, 4.69) is 15.5 Å². The molecule has 0 amide bonds. The monoisotopic (exact) mass is 304 g/mol. The van der Waals surface area contributed by atoms with Crippen molar-refractivity contribution in [2.24, 2.45) is 7.05 Å². The Hall–Kier alpha value is -1.12. The molecule has 0 N–H and O–H groups in total. The van der Waals surface area contributed by atoms with E-state index in [4.69, 9.17) is 10.7 Å². The molecule has 0 aliphatic carbocycles. The molecule has 0 radical (unpaired) electrons. The van der Waals surface area contributed by atoms with Crippen molar-refractivity contribution in [1.29, 1.82) is 0 Å².